The summed E-state index contributed by atoms with van der Waals surface area (Å²) in [5.74, 6) is 1.87. The van der Waals surface area contributed by atoms with Gasteiger partial charge in [0.25, 0.3) is 0 Å². The molecule has 0 radical (unpaired) electrons. The second kappa shape index (κ2) is 7.33. The van der Waals surface area contributed by atoms with Crippen LogP contribution in [0.3, 0.4) is 0 Å². The van der Waals surface area contributed by atoms with E-state index in [0.717, 1.165) is 18.4 Å². The SMILES string of the molecule is CCNC(C1=CCCCCC1)C1CCC(C)CC1. The van der Waals surface area contributed by atoms with E-state index < -0.39 is 0 Å². The summed E-state index contributed by atoms with van der Waals surface area (Å²) in [6.45, 7) is 5.80. The Morgan fingerprint density at radius 1 is 1.17 bits per heavy atom. The smallest absolute Gasteiger partial charge is 0.0307 e. The lowest BCUT2D eigenvalue weighted by Crippen LogP contribution is -2.39. The highest BCUT2D eigenvalue weighted by molar-refractivity contribution is 5.14. The third-order valence-corrected chi connectivity index (χ3v) is 4.93. The molecule has 1 saturated carbocycles. The maximum Gasteiger partial charge on any atom is 0.0307 e. The molecule has 0 spiro atoms. The zero-order chi connectivity index (χ0) is 12.8. The average molecular weight is 249 g/mol. The Balaban J connectivity index is 1.99. The van der Waals surface area contributed by atoms with Crippen LogP contribution in [0.15, 0.2) is 11.6 Å². The van der Waals surface area contributed by atoms with Gasteiger partial charge in [0.05, 0.1) is 0 Å². The van der Waals surface area contributed by atoms with Crippen molar-refractivity contribution < 1.29 is 0 Å². The molecule has 1 heteroatoms. The topological polar surface area (TPSA) is 12.0 Å². The lowest BCUT2D eigenvalue weighted by molar-refractivity contribution is 0.246. The minimum Gasteiger partial charge on any atom is -0.310 e. The molecule has 0 amide bonds. The average Bonchev–Trinajstić information content (AvgIpc) is 2.66. The van der Waals surface area contributed by atoms with Crippen molar-refractivity contribution in [3.63, 3.8) is 0 Å². The van der Waals surface area contributed by atoms with E-state index in [1.807, 2.05) is 0 Å². The van der Waals surface area contributed by atoms with E-state index in [1.54, 1.807) is 5.57 Å². The summed E-state index contributed by atoms with van der Waals surface area (Å²) < 4.78 is 0. The molecule has 2 aliphatic rings. The highest BCUT2D eigenvalue weighted by atomic mass is 14.9. The zero-order valence-corrected chi connectivity index (χ0v) is 12.4. The van der Waals surface area contributed by atoms with Crippen molar-refractivity contribution in [1.29, 1.82) is 0 Å². The van der Waals surface area contributed by atoms with Gasteiger partial charge in [0.1, 0.15) is 0 Å². The lowest BCUT2D eigenvalue weighted by atomic mass is 9.76. The Morgan fingerprint density at radius 3 is 2.67 bits per heavy atom. The van der Waals surface area contributed by atoms with Crippen LogP contribution in [0.4, 0.5) is 0 Å². The molecule has 18 heavy (non-hydrogen) atoms. The first-order valence-corrected chi connectivity index (χ1v) is 8.23. The van der Waals surface area contributed by atoms with Gasteiger partial charge in [-0.1, -0.05) is 44.8 Å². The monoisotopic (exact) mass is 249 g/mol. The first-order chi connectivity index (χ1) is 8.81. The first kappa shape index (κ1) is 14.1. The van der Waals surface area contributed by atoms with Gasteiger partial charge in [0.15, 0.2) is 0 Å². The van der Waals surface area contributed by atoms with E-state index in [1.165, 1.54) is 57.8 Å². The summed E-state index contributed by atoms with van der Waals surface area (Å²) in [5, 5.41) is 3.80. The fourth-order valence-electron chi connectivity index (χ4n) is 3.76. The van der Waals surface area contributed by atoms with Crippen molar-refractivity contribution in [2.24, 2.45) is 11.8 Å². The Bertz CT molecular complexity index is 261. The summed E-state index contributed by atoms with van der Waals surface area (Å²) in [6.07, 6.45) is 15.3. The molecule has 0 aromatic heterocycles. The number of hydrogen-bond acceptors (Lipinski definition) is 1. The van der Waals surface area contributed by atoms with Crippen LogP contribution < -0.4 is 5.32 Å². The fraction of sp³-hybridized carbons (Fsp3) is 0.882. The van der Waals surface area contributed by atoms with Crippen LogP contribution in [0, 0.1) is 11.8 Å². The molecular weight excluding hydrogens is 218 g/mol. The van der Waals surface area contributed by atoms with Gasteiger partial charge in [-0.05, 0) is 56.9 Å². The molecule has 0 heterocycles. The quantitative estimate of drug-likeness (QED) is 0.713. The number of nitrogens with one attached hydrogen (secondary N) is 1. The van der Waals surface area contributed by atoms with Gasteiger partial charge >= 0.3 is 0 Å². The van der Waals surface area contributed by atoms with Crippen LogP contribution in [-0.2, 0) is 0 Å². The third-order valence-electron chi connectivity index (χ3n) is 4.93. The van der Waals surface area contributed by atoms with Gasteiger partial charge in [0, 0.05) is 6.04 Å². The van der Waals surface area contributed by atoms with Crippen LogP contribution >= 0.6 is 0 Å². The summed E-state index contributed by atoms with van der Waals surface area (Å²) in [6, 6.07) is 0.695. The molecule has 2 aliphatic carbocycles. The van der Waals surface area contributed by atoms with Crippen LogP contribution in [0.2, 0.25) is 0 Å². The van der Waals surface area contributed by atoms with E-state index in [2.05, 4.69) is 25.2 Å². The first-order valence-electron chi connectivity index (χ1n) is 8.23. The third kappa shape index (κ3) is 3.85. The number of likely N-dealkylation sites (N-methyl/N-ethyl adjacent to an activating group) is 1. The Morgan fingerprint density at radius 2 is 1.94 bits per heavy atom. The van der Waals surface area contributed by atoms with E-state index in [0.29, 0.717) is 6.04 Å². The van der Waals surface area contributed by atoms with Gasteiger partial charge in [0.2, 0.25) is 0 Å². The van der Waals surface area contributed by atoms with Gasteiger partial charge < -0.3 is 5.32 Å². The van der Waals surface area contributed by atoms with E-state index >= 15 is 0 Å². The van der Waals surface area contributed by atoms with Gasteiger partial charge in [-0.15, -0.1) is 0 Å². The second-order valence-electron chi connectivity index (χ2n) is 6.43. The van der Waals surface area contributed by atoms with Crippen molar-refractivity contribution in [1.82, 2.24) is 5.32 Å². The van der Waals surface area contributed by atoms with Crippen molar-refractivity contribution in [2.75, 3.05) is 6.54 Å². The predicted molar refractivity (Wildman–Crippen MR) is 79.8 cm³/mol. The predicted octanol–water partition coefficient (Wildman–Crippen LogP) is 4.68. The van der Waals surface area contributed by atoms with Crippen LogP contribution in [0.1, 0.15) is 71.6 Å². The Labute approximate surface area is 113 Å². The molecule has 1 atom stereocenters. The molecule has 104 valence electrons. The largest absolute Gasteiger partial charge is 0.310 e. The number of hydrogen-bond donors (Lipinski definition) is 1. The second-order valence-corrected chi connectivity index (χ2v) is 6.43. The summed E-state index contributed by atoms with van der Waals surface area (Å²) in [5.41, 5.74) is 1.74. The van der Waals surface area contributed by atoms with Gasteiger partial charge in [-0.25, -0.2) is 0 Å². The molecule has 0 aromatic carbocycles. The molecule has 1 nitrogen and oxygen atoms in total. The molecule has 1 unspecified atom stereocenters. The molecule has 2 rings (SSSR count). The minimum absolute atomic E-state index is 0.695. The van der Waals surface area contributed by atoms with Crippen molar-refractivity contribution in [2.45, 2.75) is 77.7 Å². The Kier molecular flexibility index (Phi) is 5.75. The molecule has 0 aromatic rings. The van der Waals surface area contributed by atoms with Crippen molar-refractivity contribution >= 4 is 0 Å². The Hall–Kier alpha value is -0.300. The fourth-order valence-corrected chi connectivity index (χ4v) is 3.76. The van der Waals surface area contributed by atoms with E-state index in [4.69, 9.17) is 0 Å². The molecule has 1 fully saturated rings. The van der Waals surface area contributed by atoms with E-state index in [9.17, 15) is 0 Å². The van der Waals surface area contributed by atoms with Crippen molar-refractivity contribution in [3.05, 3.63) is 11.6 Å². The van der Waals surface area contributed by atoms with Crippen LogP contribution in [0.25, 0.3) is 0 Å². The van der Waals surface area contributed by atoms with Crippen molar-refractivity contribution in [3.8, 4) is 0 Å². The zero-order valence-electron chi connectivity index (χ0n) is 12.4. The molecule has 0 aliphatic heterocycles. The molecule has 0 saturated heterocycles. The molecular formula is C17H31N. The highest BCUT2D eigenvalue weighted by Crippen LogP contribution is 2.34. The maximum atomic E-state index is 3.80. The standard InChI is InChI=1S/C17H31N/c1-3-18-17(15-8-6-4-5-7-9-15)16-12-10-14(2)11-13-16/h8,14,16-18H,3-7,9-13H2,1-2H3. The van der Waals surface area contributed by atoms with Crippen LogP contribution in [-0.4, -0.2) is 12.6 Å². The minimum atomic E-state index is 0.695. The molecule has 1 N–H and O–H groups in total. The maximum absolute atomic E-state index is 3.80. The summed E-state index contributed by atoms with van der Waals surface area (Å²) in [7, 11) is 0. The van der Waals surface area contributed by atoms with Gasteiger partial charge in [-0.3, -0.25) is 0 Å². The molecule has 0 bridgehead atoms. The summed E-state index contributed by atoms with van der Waals surface area (Å²) >= 11 is 0. The van der Waals surface area contributed by atoms with E-state index in [-0.39, 0.29) is 0 Å². The van der Waals surface area contributed by atoms with Crippen LogP contribution in [0.5, 0.6) is 0 Å². The highest BCUT2D eigenvalue weighted by Gasteiger charge is 2.27. The lowest BCUT2D eigenvalue weighted by Gasteiger charge is -2.35. The number of rotatable bonds is 4. The van der Waals surface area contributed by atoms with Gasteiger partial charge in [-0.2, -0.15) is 0 Å². The summed E-state index contributed by atoms with van der Waals surface area (Å²) in [4.78, 5) is 0. The normalized spacial score (nSPS) is 31.6. The number of allylic oxidation sites excluding steroid dienone is 1.